The Bertz CT molecular complexity index is 626. The molecule has 0 bridgehead atoms. The standard InChI is InChI=1S/C17H17BrClN/c18-13-7-5-12(16(19)10-13)9-17(20)15-8-6-11-3-1-2-4-14(11)15/h1-5,7,10,15,17H,6,8-9,20H2. The van der Waals surface area contributed by atoms with E-state index in [1.54, 1.807) is 0 Å². The minimum absolute atomic E-state index is 0.123. The minimum Gasteiger partial charge on any atom is -0.327 e. The summed E-state index contributed by atoms with van der Waals surface area (Å²) < 4.78 is 1.01. The Morgan fingerprint density at radius 3 is 2.85 bits per heavy atom. The van der Waals surface area contributed by atoms with E-state index in [1.807, 2.05) is 12.1 Å². The van der Waals surface area contributed by atoms with Crippen LogP contribution < -0.4 is 5.73 Å². The highest BCUT2D eigenvalue weighted by Crippen LogP contribution is 2.36. The van der Waals surface area contributed by atoms with Crippen LogP contribution in [0.1, 0.15) is 29.0 Å². The SMILES string of the molecule is NC(Cc1ccc(Br)cc1Cl)C1CCc2ccccc21. The predicted molar refractivity (Wildman–Crippen MR) is 88.3 cm³/mol. The number of rotatable bonds is 3. The van der Waals surface area contributed by atoms with E-state index in [9.17, 15) is 0 Å². The molecule has 0 saturated carbocycles. The second-order valence-corrected chi connectivity index (χ2v) is 6.77. The van der Waals surface area contributed by atoms with Crippen LogP contribution in [0.2, 0.25) is 5.02 Å². The third kappa shape index (κ3) is 2.78. The summed E-state index contributed by atoms with van der Waals surface area (Å²) in [6.07, 6.45) is 3.11. The normalized spacial score (nSPS) is 18.9. The Hall–Kier alpha value is -0.830. The van der Waals surface area contributed by atoms with Crippen molar-refractivity contribution in [1.82, 2.24) is 0 Å². The third-order valence-electron chi connectivity index (χ3n) is 4.17. The van der Waals surface area contributed by atoms with Gasteiger partial charge in [-0.25, -0.2) is 0 Å². The molecular weight excluding hydrogens is 334 g/mol. The molecule has 0 saturated heterocycles. The summed E-state index contributed by atoms with van der Waals surface area (Å²) in [5, 5.41) is 0.793. The third-order valence-corrected chi connectivity index (χ3v) is 5.01. The van der Waals surface area contributed by atoms with Gasteiger partial charge in [0.1, 0.15) is 0 Å². The van der Waals surface area contributed by atoms with Crippen molar-refractivity contribution < 1.29 is 0 Å². The molecule has 3 rings (SSSR count). The minimum atomic E-state index is 0.123. The molecular formula is C17H17BrClN. The van der Waals surface area contributed by atoms with Gasteiger partial charge in [-0.15, -0.1) is 0 Å². The first-order valence-electron chi connectivity index (χ1n) is 6.92. The lowest BCUT2D eigenvalue weighted by Crippen LogP contribution is -2.29. The summed E-state index contributed by atoms with van der Waals surface area (Å²) in [5.74, 6) is 0.450. The molecule has 0 spiro atoms. The van der Waals surface area contributed by atoms with Crippen LogP contribution in [0.5, 0.6) is 0 Å². The number of hydrogen-bond acceptors (Lipinski definition) is 1. The van der Waals surface area contributed by atoms with Crippen LogP contribution in [-0.2, 0) is 12.8 Å². The molecule has 0 fully saturated rings. The van der Waals surface area contributed by atoms with Crippen molar-refractivity contribution in [3.63, 3.8) is 0 Å². The lowest BCUT2D eigenvalue weighted by Gasteiger charge is -2.21. The van der Waals surface area contributed by atoms with E-state index in [1.165, 1.54) is 11.1 Å². The Balaban J connectivity index is 1.79. The van der Waals surface area contributed by atoms with Gasteiger partial charge in [-0.05, 0) is 54.0 Å². The van der Waals surface area contributed by atoms with Gasteiger partial charge in [0.15, 0.2) is 0 Å². The average Bonchev–Trinajstić information content (AvgIpc) is 2.86. The van der Waals surface area contributed by atoms with Crippen molar-refractivity contribution in [2.24, 2.45) is 5.73 Å². The highest BCUT2D eigenvalue weighted by molar-refractivity contribution is 9.10. The van der Waals surface area contributed by atoms with Gasteiger partial charge in [-0.1, -0.05) is 57.9 Å². The molecule has 1 aliphatic rings. The molecule has 2 aromatic carbocycles. The van der Waals surface area contributed by atoms with Crippen LogP contribution in [0, 0.1) is 0 Å². The molecule has 2 aromatic rings. The summed E-state index contributed by atoms with van der Waals surface area (Å²) in [4.78, 5) is 0. The van der Waals surface area contributed by atoms with E-state index in [-0.39, 0.29) is 6.04 Å². The number of aryl methyl sites for hydroxylation is 1. The molecule has 0 heterocycles. The molecule has 1 aliphatic carbocycles. The van der Waals surface area contributed by atoms with Gasteiger partial charge in [0.2, 0.25) is 0 Å². The van der Waals surface area contributed by atoms with E-state index in [4.69, 9.17) is 17.3 Å². The van der Waals surface area contributed by atoms with Gasteiger partial charge in [-0.2, -0.15) is 0 Å². The maximum atomic E-state index is 6.46. The fraction of sp³-hybridized carbons (Fsp3) is 0.294. The van der Waals surface area contributed by atoms with Gasteiger partial charge < -0.3 is 5.73 Å². The number of benzene rings is 2. The topological polar surface area (TPSA) is 26.0 Å². The molecule has 20 heavy (non-hydrogen) atoms. The maximum absolute atomic E-state index is 6.46. The zero-order chi connectivity index (χ0) is 14.1. The molecule has 0 amide bonds. The molecule has 2 atom stereocenters. The molecule has 2 unspecified atom stereocenters. The zero-order valence-electron chi connectivity index (χ0n) is 11.2. The van der Waals surface area contributed by atoms with Crippen LogP contribution in [0.15, 0.2) is 46.9 Å². The first kappa shape index (κ1) is 14.1. The van der Waals surface area contributed by atoms with Crippen molar-refractivity contribution >= 4 is 27.5 Å². The van der Waals surface area contributed by atoms with Gasteiger partial charge >= 0.3 is 0 Å². The summed E-state index contributed by atoms with van der Waals surface area (Å²) >= 11 is 9.73. The van der Waals surface area contributed by atoms with Gasteiger partial charge in [0.05, 0.1) is 0 Å². The summed E-state index contributed by atoms with van der Waals surface area (Å²) in [6, 6.07) is 14.8. The highest BCUT2D eigenvalue weighted by Gasteiger charge is 2.27. The second kappa shape index (κ2) is 5.88. The lowest BCUT2D eigenvalue weighted by atomic mass is 9.89. The van der Waals surface area contributed by atoms with Crippen molar-refractivity contribution in [2.45, 2.75) is 31.2 Å². The monoisotopic (exact) mass is 349 g/mol. The van der Waals surface area contributed by atoms with E-state index in [0.717, 1.165) is 34.3 Å². The molecule has 1 nitrogen and oxygen atoms in total. The molecule has 0 aliphatic heterocycles. The van der Waals surface area contributed by atoms with Crippen molar-refractivity contribution in [1.29, 1.82) is 0 Å². The number of halogens is 2. The van der Waals surface area contributed by atoms with Crippen LogP contribution in [-0.4, -0.2) is 6.04 Å². The van der Waals surface area contributed by atoms with Gasteiger partial charge in [-0.3, -0.25) is 0 Å². The Morgan fingerprint density at radius 1 is 1.25 bits per heavy atom. The fourth-order valence-corrected chi connectivity index (χ4v) is 3.87. The van der Waals surface area contributed by atoms with Gasteiger partial charge in [0, 0.05) is 15.5 Å². The Morgan fingerprint density at radius 2 is 2.05 bits per heavy atom. The molecule has 2 N–H and O–H groups in total. The zero-order valence-corrected chi connectivity index (χ0v) is 13.5. The second-order valence-electron chi connectivity index (χ2n) is 5.45. The molecule has 104 valence electrons. The lowest BCUT2D eigenvalue weighted by molar-refractivity contribution is 0.525. The molecule has 0 radical (unpaired) electrons. The van der Waals surface area contributed by atoms with E-state index in [2.05, 4.69) is 46.3 Å². The molecule has 3 heteroatoms. The number of fused-ring (bicyclic) bond motifs is 1. The summed E-state index contributed by atoms with van der Waals surface area (Å²) in [6.45, 7) is 0. The first-order chi connectivity index (χ1) is 9.65. The first-order valence-corrected chi connectivity index (χ1v) is 8.09. The van der Waals surface area contributed by atoms with E-state index < -0.39 is 0 Å². The summed E-state index contributed by atoms with van der Waals surface area (Å²) in [5.41, 5.74) is 10.5. The van der Waals surface area contributed by atoms with Crippen LogP contribution in [0.4, 0.5) is 0 Å². The maximum Gasteiger partial charge on any atom is 0.0449 e. The Kier molecular flexibility index (Phi) is 4.16. The van der Waals surface area contributed by atoms with Crippen LogP contribution in [0.3, 0.4) is 0 Å². The van der Waals surface area contributed by atoms with Crippen LogP contribution >= 0.6 is 27.5 Å². The molecule has 0 aromatic heterocycles. The quantitative estimate of drug-likeness (QED) is 0.853. The van der Waals surface area contributed by atoms with E-state index >= 15 is 0 Å². The van der Waals surface area contributed by atoms with E-state index in [0.29, 0.717) is 5.92 Å². The average molecular weight is 351 g/mol. The van der Waals surface area contributed by atoms with Crippen molar-refractivity contribution in [3.05, 3.63) is 68.7 Å². The highest BCUT2D eigenvalue weighted by atomic mass is 79.9. The number of hydrogen-bond donors (Lipinski definition) is 1. The van der Waals surface area contributed by atoms with Gasteiger partial charge in [0.25, 0.3) is 0 Å². The predicted octanol–water partition coefficient (Wildman–Crippen LogP) is 4.70. The summed E-state index contributed by atoms with van der Waals surface area (Å²) in [7, 11) is 0. The largest absolute Gasteiger partial charge is 0.327 e. The van der Waals surface area contributed by atoms with Crippen molar-refractivity contribution in [3.8, 4) is 0 Å². The van der Waals surface area contributed by atoms with Crippen molar-refractivity contribution in [2.75, 3.05) is 0 Å². The number of nitrogens with two attached hydrogens (primary N) is 1. The smallest absolute Gasteiger partial charge is 0.0449 e. The van der Waals surface area contributed by atoms with Crippen LogP contribution in [0.25, 0.3) is 0 Å². The fourth-order valence-electron chi connectivity index (χ4n) is 3.12. The Labute approximate surface area is 133 Å².